The Morgan fingerprint density at radius 2 is 1.32 bits per heavy atom. The number of benzene rings is 2. The van der Waals surface area contributed by atoms with Crippen molar-refractivity contribution in [2.24, 2.45) is 22.4 Å². The maximum absolute atomic E-state index is 14.7. The van der Waals surface area contributed by atoms with E-state index in [2.05, 4.69) is 57.2 Å². The van der Waals surface area contributed by atoms with Crippen LogP contribution in [0.4, 0.5) is 4.79 Å². The standard InChI is InChI=1S/C52H68N14O9S2/c1-29-44(68)61-40(23-34-25-55-28-58-34)48(72)62-38(20-31-12-5-3-6-13-31)46(70)60-37(18-11-19-56-51(53)54)45(69)63-39(22-33-24-57-36-17-10-9-16-35(33)36)47(71)64-42(30(2)67)26-76-77-27-43(49(73)59-29)66-50(74)41(65-52(66)75)21-32-14-7-4-8-15-32/h3,5-6,9-10,12-13,16-17,24-25,28-29,32,37-43,57H,4,7-8,11,14-15,18-23,26-27H2,1-2H3,(H,55,58)(H,59,73)(H,60,70)(H,61,68)(H,62,72)(H,63,69)(H,64,71)(H,65,75)(H4,53,54,56)/t29-,37+,38-,39+,40+,41+,42+,43+/m1/s1. The molecule has 2 aliphatic heterocycles. The fourth-order valence-electron chi connectivity index (χ4n) is 9.66. The van der Waals surface area contributed by atoms with Gasteiger partial charge in [0.2, 0.25) is 35.4 Å². The Labute approximate surface area is 453 Å². The molecule has 0 unspecified atom stereocenters. The lowest BCUT2D eigenvalue weighted by Gasteiger charge is -2.28. The Balaban J connectivity index is 1.24. The molecule has 77 heavy (non-hydrogen) atoms. The van der Waals surface area contributed by atoms with E-state index in [-0.39, 0.29) is 62.0 Å². The van der Waals surface area contributed by atoms with Gasteiger partial charge in [-0.2, -0.15) is 0 Å². The van der Waals surface area contributed by atoms with Gasteiger partial charge in [0.1, 0.15) is 42.3 Å². The van der Waals surface area contributed by atoms with E-state index in [0.29, 0.717) is 23.2 Å². The topological polar surface area (TPSA) is 350 Å². The number of nitrogens with one attached hydrogen (secondary N) is 9. The number of carbonyl (C=O) groups is 9. The van der Waals surface area contributed by atoms with E-state index in [1.165, 1.54) is 26.4 Å². The number of guanidine groups is 1. The first kappa shape index (κ1) is 57.3. The average Bonchev–Trinajstić information content (AvgIpc) is 4.15. The molecule has 9 amide bonds. The Kier molecular flexibility index (Phi) is 20.5. The molecule has 13 N–H and O–H groups in total. The van der Waals surface area contributed by atoms with Crippen LogP contribution in [0.1, 0.15) is 82.0 Å². The van der Waals surface area contributed by atoms with Gasteiger partial charge in [0.05, 0.1) is 12.4 Å². The van der Waals surface area contributed by atoms with Crippen LogP contribution < -0.4 is 48.7 Å². The first-order chi connectivity index (χ1) is 37.0. The van der Waals surface area contributed by atoms with Gasteiger partial charge in [-0.05, 0) is 56.2 Å². The summed E-state index contributed by atoms with van der Waals surface area (Å²) in [4.78, 5) is 143. The molecule has 23 nitrogen and oxygen atoms in total. The third-order valence-electron chi connectivity index (χ3n) is 13.9. The van der Waals surface area contributed by atoms with Crippen LogP contribution in [0.25, 0.3) is 10.9 Å². The SMILES string of the molecule is CC(=O)[C@@H]1CSSC[C@H](N2C(=O)N[C@@H](CC3CCCCC3)C2=O)C(=O)N[C@H](C)C(=O)N[C@@H](Cc2cnc[nH]2)C(=O)N[C@H](Cc2ccccc2)C(=O)N[C@@H](CCCN=C(N)N)C(=O)N[C@@H](Cc2c[nH]c3ccccc23)C(=O)N1. The number of rotatable bonds is 14. The van der Waals surface area contributed by atoms with E-state index in [1.807, 2.05) is 24.3 Å². The molecular weight excluding hydrogens is 1030 g/mol. The maximum atomic E-state index is 14.7. The summed E-state index contributed by atoms with van der Waals surface area (Å²) in [6, 6.07) is 5.26. The monoisotopic (exact) mass is 1100 g/mol. The molecule has 4 heterocycles. The van der Waals surface area contributed by atoms with Crippen LogP contribution in [-0.2, 0) is 57.6 Å². The number of hydrogen-bond donors (Lipinski definition) is 11. The Bertz CT molecular complexity index is 2770. The maximum Gasteiger partial charge on any atom is 0.325 e. The third kappa shape index (κ3) is 16.1. The minimum absolute atomic E-state index is 0.0271. The number of aromatic amines is 2. The van der Waals surface area contributed by atoms with Gasteiger partial charge in [-0.3, -0.25) is 43.3 Å². The zero-order chi connectivity index (χ0) is 55.0. The molecule has 3 fully saturated rings. The fourth-order valence-corrected chi connectivity index (χ4v) is 12.1. The third-order valence-corrected chi connectivity index (χ3v) is 16.3. The summed E-state index contributed by atoms with van der Waals surface area (Å²) in [7, 11) is 2.18. The number of urea groups is 1. The molecule has 2 aromatic heterocycles. The van der Waals surface area contributed by atoms with Crippen molar-refractivity contribution in [1.82, 2.24) is 57.1 Å². The van der Waals surface area contributed by atoms with Crippen LogP contribution in [0.2, 0.25) is 0 Å². The van der Waals surface area contributed by atoms with E-state index >= 15 is 0 Å². The van der Waals surface area contributed by atoms with Gasteiger partial charge in [-0.15, -0.1) is 0 Å². The second-order valence-electron chi connectivity index (χ2n) is 19.7. The van der Waals surface area contributed by atoms with Crippen molar-refractivity contribution in [1.29, 1.82) is 0 Å². The summed E-state index contributed by atoms with van der Waals surface area (Å²) >= 11 is 0. The largest absolute Gasteiger partial charge is 0.370 e. The van der Waals surface area contributed by atoms with Crippen LogP contribution in [0.5, 0.6) is 0 Å². The molecule has 7 rings (SSSR count). The molecule has 1 aliphatic carbocycles. The van der Waals surface area contributed by atoms with Gasteiger partial charge < -0.3 is 58.7 Å². The Hall–Kier alpha value is -7.41. The predicted octanol–water partition coefficient (Wildman–Crippen LogP) is 1.14. The molecule has 25 heteroatoms. The van der Waals surface area contributed by atoms with Gasteiger partial charge in [-0.25, -0.2) is 14.7 Å². The summed E-state index contributed by atoms with van der Waals surface area (Å²) < 4.78 is 0. The highest BCUT2D eigenvalue weighted by Gasteiger charge is 2.46. The number of carbonyl (C=O) groups excluding carboxylic acids is 9. The fraction of sp³-hybridized carbons (Fsp3) is 0.481. The number of aromatic nitrogens is 3. The molecule has 0 spiro atoms. The van der Waals surface area contributed by atoms with Gasteiger partial charge in [0, 0.05) is 66.3 Å². The van der Waals surface area contributed by atoms with Crippen LogP contribution >= 0.6 is 21.6 Å². The van der Waals surface area contributed by atoms with Gasteiger partial charge in [-0.1, -0.05) is 102 Å². The van der Waals surface area contributed by atoms with Crippen molar-refractivity contribution in [3.05, 3.63) is 90.1 Å². The molecule has 3 aliphatic rings. The minimum atomic E-state index is -1.44. The van der Waals surface area contributed by atoms with Gasteiger partial charge >= 0.3 is 6.03 Å². The lowest BCUT2D eigenvalue weighted by atomic mass is 9.85. The van der Waals surface area contributed by atoms with Crippen LogP contribution in [0, 0.1) is 5.92 Å². The number of para-hydroxylation sites is 1. The number of hydrogen-bond acceptors (Lipinski definition) is 13. The van der Waals surface area contributed by atoms with Gasteiger partial charge in [0.25, 0.3) is 5.91 Å². The molecule has 1 saturated carbocycles. The first-order valence-corrected chi connectivity index (χ1v) is 28.4. The molecule has 412 valence electrons. The lowest BCUT2D eigenvalue weighted by Crippen LogP contribution is -2.60. The normalized spacial score (nSPS) is 25.1. The number of ketones is 1. The van der Waals surface area contributed by atoms with Crippen molar-refractivity contribution in [2.75, 3.05) is 18.1 Å². The zero-order valence-corrected chi connectivity index (χ0v) is 44.6. The second-order valence-corrected chi connectivity index (χ2v) is 22.2. The summed E-state index contributed by atoms with van der Waals surface area (Å²) in [6.07, 6.45) is 9.82. The summed E-state index contributed by atoms with van der Waals surface area (Å²) in [5.41, 5.74) is 13.7. The highest BCUT2D eigenvalue weighted by atomic mass is 33.1. The van der Waals surface area contributed by atoms with Crippen molar-refractivity contribution in [2.45, 2.75) is 133 Å². The zero-order valence-electron chi connectivity index (χ0n) is 43.0. The number of imidazole rings is 1. The van der Waals surface area contributed by atoms with E-state index in [4.69, 9.17) is 11.5 Å². The number of aliphatic imine (C=N–C) groups is 1. The van der Waals surface area contributed by atoms with Crippen molar-refractivity contribution in [3.8, 4) is 0 Å². The van der Waals surface area contributed by atoms with E-state index in [9.17, 15) is 43.2 Å². The summed E-state index contributed by atoms with van der Waals surface area (Å²) in [5.74, 6) is -5.93. The summed E-state index contributed by atoms with van der Waals surface area (Å²) in [6.45, 7) is 2.76. The van der Waals surface area contributed by atoms with Crippen LogP contribution in [-0.4, -0.2) is 145 Å². The number of fused-ring (bicyclic) bond motifs is 1. The number of Topliss-reactive ketones (excluding diaryl/α,β-unsaturated/α-hetero) is 1. The van der Waals surface area contributed by atoms with Gasteiger partial charge in [0.15, 0.2) is 11.7 Å². The van der Waals surface area contributed by atoms with E-state index < -0.39 is 101 Å². The predicted molar refractivity (Wildman–Crippen MR) is 291 cm³/mol. The van der Waals surface area contributed by atoms with Crippen molar-refractivity contribution < 1.29 is 43.2 Å². The Morgan fingerprint density at radius 3 is 2.03 bits per heavy atom. The van der Waals surface area contributed by atoms with Crippen LogP contribution in [0.3, 0.4) is 0 Å². The first-order valence-electron chi connectivity index (χ1n) is 25.9. The van der Waals surface area contributed by atoms with Crippen molar-refractivity contribution >= 4 is 91.6 Å². The molecule has 2 aromatic carbocycles. The molecular formula is C52H68N14O9S2. The lowest BCUT2D eigenvalue weighted by molar-refractivity contribution is -0.137. The van der Waals surface area contributed by atoms with Crippen molar-refractivity contribution in [3.63, 3.8) is 0 Å². The Morgan fingerprint density at radius 1 is 0.688 bits per heavy atom. The summed E-state index contributed by atoms with van der Waals surface area (Å²) in [5, 5.41) is 20.1. The molecule has 0 bridgehead atoms. The number of H-pyrrole nitrogens is 2. The van der Waals surface area contributed by atoms with Crippen LogP contribution in [0.15, 0.2) is 78.3 Å². The number of nitrogens with two attached hydrogens (primary N) is 2. The second kappa shape index (κ2) is 27.6. The molecule has 4 aromatic rings. The average molecular weight is 1100 g/mol. The number of amides is 9. The number of nitrogens with zero attached hydrogens (tertiary/aromatic N) is 3. The number of imide groups is 1. The highest BCUT2D eigenvalue weighted by Crippen LogP contribution is 2.31. The molecule has 8 atom stereocenters. The molecule has 0 radical (unpaired) electrons. The molecule has 2 saturated heterocycles. The quantitative estimate of drug-likeness (QED) is 0.0278. The highest BCUT2D eigenvalue weighted by molar-refractivity contribution is 8.76. The van der Waals surface area contributed by atoms with E-state index in [1.54, 1.807) is 36.5 Å². The minimum Gasteiger partial charge on any atom is -0.370 e. The smallest absolute Gasteiger partial charge is 0.325 e. The van der Waals surface area contributed by atoms with E-state index in [0.717, 1.165) is 69.5 Å².